The molecule has 0 saturated heterocycles. The van der Waals surface area contributed by atoms with Crippen molar-refractivity contribution < 1.29 is 9.50 Å². The number of hydrogen-bond acceptors (Lipinski definition) is 2. The topological polar surface area (TPSA) is 32.3 Å². The molecular formula is C15H15ClFNO. The van der Waals surface area contributed by atoms with E-state index in [4.69, 9.17) is 11.6 Å². The van der Waals surface area contributed by atoms with Crippen LogP contribution in [0, 0.1) is 5.82 Å². The van der Waals surface area contributed by atoms with Crippen LogP contribution in [0.2, 0.25) is 5.02 Å². The molecule has 0 aliphatic heterocycles. The molecule has 0 aliphatic carbocycles. The summed E-state index contributed by atoms with van der Waals surface area (Å²) in [7, 11) is 0. The molecule has 2 rings (SSSR count). The van der Waals surface area contributed by atoms with E-state index < -0.39 is 5.54 Å². The quantitative estimate of drug-likeness (QED) is 0.892. The van der Waals surface area contributed by atoms with Crippen LogP contribution in [-0.2, 0) is 5.54 Å². The third-order valence-corrected chi connectivity index (χ3v) is 3.31. The molecule has 100 valence electrons. The molecule has 0 saturated carbocycles. The van der Waals surface area contributed by atoms with Gasteiger partial charge in [-0.3, -0.25) is 0 Å². The number of anilines is 1. The summed E-state index contributed by atoms with van der Waals surface area (Å²) in [6, 6.07) is 13.3. The largest absolute Gasteiger partial charge is 0.394 e. The normalized spacial score (nSPS) is 13.9. The monoisotopic (exact) mass is 279 g/mol. The summed E-state index contributed by atoms with van der Waals surface area (Å²) in [6.45, 7) is 1.78. The summed E-state index contributed by atoms with van der Waals surface area (Å²) >= 11 is 5.86. The van der Waals surface area contributed by atoms with Crippen molar-refractivity contribution in [3.8, 4) is 0 Å². The number of rotatable bonds is 4. The van der Waals surface area contributed by atoms with E-state index in [0.717, 1.165) is 11.3 Å². The van der Waals surface area contributed by atoms with E-state index in [9.17, 15) is 9.50 Å². The first-order chi connectivity index (χ1) is 9.03. The highest BCUT2D eigenvalue weighted by molar-refractivity contribution is 6.30. The molecule has 2 nitrogen and oxygen atoms in total. The lowest BCUT2D eigenvalue weighted by Crippen LogP contribution is -2.35. The molecule has 2 aromatic rings. The van der Waals surface area contributed by atoms with E-state index in [0.29, 0.717) is 5.02 Å². The molecule has 0 spiro atoms. The fourth-order valence-corrected chi connectivity index (χ4v) is 2.00. The zero-order chi connectivity index (χ0) is 13.9. The molecule has 1 atom stereocenters. The van der Waals surface area contributed by atoms with Gasteiger partial charge in [0.2, 0.25) is 0 Å². The lowest BCUT2D eigenvalue weighted by molar-refractivity contribution is 0.224. The van der Waals surface area contributed by atoms with E-state index in [1.54, 1.807) is 24.3 Å². The minimum atomic E-state index is -0.650. The molecule has 0 heterocycles. The van der Waals surface area contributed by atoms with Gasteiger partial charge in [0.15, 0.2) is 0 Å². The summed E-state index contributed by atoms with van der Waals surface area (Å²) in [4.78, 5) is 0. The van der Waals surface area contributed by atoms with E-state index >= 15 is 0 Å². The van der Waals surface area contributed by atoms with Gasteiger partial charge in [-0.25, -0.2) is 4.39 Å². The predicted molar refractivity (Wildman–Crippen MR) is 75.9 cm³/mol. The smallest absolute Gasteiger partial charge is 0.123 e. The van der Waals surface area contributed by atoms with Crippen molar-refractivity contribution in [3.05, 3.63) is 64.9 Å². The van der Waals surface area contributed by atoms with Crippen LogP contribution >= 0.6 is 11.6 Å². The second-order valence-electron chi connectivity index (χ2n) is 4.63. The van der Waals surface area contributed by atoms with Gasteiger partial charge in [0.1, 0.15) is 5.82 Å². The van der Waals surface area contributed by atoms with Gasteiger partial charge >= 0.3 is 0 Å². The molecule has 2 N–H and O–H groups in total. The first kappa shape index (κ1) is 13.8. The maximum atomic E-state index is 12.9. The van der Waals surface area contributed by atoms with Crippen LogP contribution < -0.4 is 5.32 Å². The molecular weight excluding hydrogens is 265 g/mol. The van der Waals surface area contributed by atoms with Crippen LogP contribution in [0.25, 0.3) is 0 Å². The Kier molecular flexibility index (Phi) is 4.08. The van der Waals surface area contributed by atoms with E-state index in [2.05, 4.69) is 5.32 Å². The Morgan fingerprint density at radius 2 is 1.68 bits per heavy atom. The highest BCUT2D eigenvalue weighted by Gasteiger charge is 2.25. The van der Waals surface area contributed by atoms with Gasteiger partial charge in [-0.15, -0.1) is 0 Å². The standard InChI is InChI=1S/C15H15ClFNO/c1-15(10-19,11-2-4-12(16)5-3-11)18-14-8-6-13(17)7-9-14/h2-9,18-19H,10H2,1H3. The van der Waals surface area contributed by atoms with E-state index in [1.165, 1.54) is 12.1 Å². The fraction of sp³-hybridized carbons (Fsp3) is 0.200. The first-order valence-electron chi connectivity index (χ1n) is 5.94. The van der Waals surface area contributed by atoms with Gasteiger partial charge in [-0.1, -0.05) is 23.7 Å². The molecule has 0 aromatic heterocycles. The van der Waals surface area contributed by atoms with Crippen LogP contribution in [0.15, 0.2) is 48.5 Å². The van der Waals surface area contributed by atoms with Crippen molar-refractivity contribution >= 4 is 17.3 Å². The second-order valence-corrected chi connectivity index (χ2v) is 5.07. The van der Waals surface area contributed by atoms with Crippen molar-refractivity contribution in [3.63, 3.8) is 0 Å². The maximum Gasteiger partial charge on any atom is 0.123 e. The van der Waals surface area contributed by atoms with E-state index in [-0.39, 0.29) is 12.4 Å². The molecule has 0 radical (unpaired) electrons. The molecule has 4 heteroatoms. The van der Waals surface area contributed by atoms with Crippen molar-refractivity contribution in [1.82, 2.24) is 0 Å². The summed E-state index contributed by atoms with van der Waals surface area (Å²) in [5.41, 5.74) is 0.999. The average Bonchev–Trinajstić information content (AvgIpc) is 2.42. The van der Waals surface area contributed by atoms with Gasteiger partial charge in [-0.05, 0) is 48.9 Å². The molecule has 0 amide bonds. The Balaban J connectivity index is 2.27. The number of halogens is 2. The van der Waals surface area contributed by atoms with Crippen molar-refractivity contribution in [2.75, 3.05) is 11.9 Å². The van der Waals surface area contributed by atoms with Gasteiger partial charge < -0.3 is 10.4 Å². The van der Waals surface area contributed by atoms with E-state index in [1.807, 2.05) is 19.1 Å². The Morgan fingerprint density at radius 1 is 1.11 bits per heavy atom. The van der Waals surface area contributed by atoms with Crippen molar-refractivity contribution in [2.45, 2.75) is 12.5 Å². The Labute approximate surface area is 116 Å². The zero-order valence-corrected chi connectivity index (χ0v) is 11.3. The second kappa shape index (κ2) is 5.59. The number of aliphatic hydroxyl groups excluding tert-OH is 1. The Morgan fingerprint density at radius 3 is 2.21 bits per heavy atom. The minimum absolute atomic E-state index is 0.0913. The molecule has 1 unspecified atom stereocenters. The Hall–Kier alpha value is -1.58. The summed E-state index contributed by atoms with van der Waals surface area (Å²) in [5.74, 6) is -0.289. The third kappa shape index (κ3) is 3.25. The highest BCUT2D eigenvalue weighted by atomic mass is 35.5. The number of aliphatic hydroxyl groups is 1. The predicted octanol–water partition coefficient (Wildman–Crippen LogP) is 3.80. The molecule has 2 aromatic carbocycles. The summed E-state index contributed by atoms with van der Waals surface area (Å²) < 4.78 is 12.9. The van der Waals surface area contributed by atoms with Crippen molar-refractivity contribution in [1.29, 1.82) is 0 Å². The molecule has 0 bridgehead atoms. The van der Waals surface area contributed by atoms with Crippen LogP contribution in [-0.4, -0.2) is 11.7 Å². The molecule has 0 fully saturated rings. The van der Waals surface area contributed by atoms with Crippen LogP contribution in [0.4, 0.5) is 10.1 Å². The molecule has 0 aliphatic rings. The van der Waals surface area contributed by atoms with Gasteiger partial charge in [-0.2, -0.15) is 0 Å². The number of nitrogens with one attached hydrogen (secondary N) is 1. The summed E-state index contributed by atoms with van der Waals surface area (Å²) in [5, 5.41) is 13.5. The third-order valence-electron chi connectivity index (χ3n) is 3.06. The van der Waals surface area contributed by atoms with Crippen LogP contribution in [0.1, 0.15) is 12.5 Å². The lowest BCUT2D eigenvalue weighted by atomic mass is 9.92. The summed E-state index contributed by atoms with van der Waals surface area (Å²) in [6.07, 6.45) is 0. The highest BCUT2D eigenvalue weighted by Crippen LogP contribution is 2.27. The van der Waals surface area contributed by atoms with Crippen LogP contribution in [0.3, 0.4) is 0 Å². The minimum Gasteiger partial charge on any atom is -0.394 e. The van der Waals surface area contributed by atoms with Gasteiger partial charge in [0.05, 0.1) is 12.1 Å². The van der Waals surface area contributed by atoms with Crippen molar-refractivity contribution in [2.24, 2.45) is 0 Å². The SMILES string of the molecule is CC(CO)(Nc1ccc(F)cc1)c1ccc(Cl)cc1. The molecule has 19 heavy (non-hydrogen) atoms. The number of hydrogen-bond donors (Lipinski definition) is 2. The van der Waals surface area contributed by atoms with Crippen LogP contribution in [0.5, 0.6) is 0 Å². The lowest BCUT2D eigenvalue weighted by Gasteiger charge is -2.30. The zero-order valence-electron chi connectivity index (χ0n) is 10.5. The first-order valence-corrected chi connectivity index (χ1v) is 6.32. The van der Waals surface area contributed by atoms with Gasteiger partial charge in [0, 0.05) is 10.7 Å². The average molecular weight is 280 g/mol. The fourth-order valence-electron chi connectivity index (χ4n) is 1.87. The number of benzene rings is 2. The maximum absolute atomic E-state index is 12.9. The Bertz CT molecular complexity index is 541. The van der Waals surface area contributed by atoms with Gasteiger partial charge in [0.25, 0.3) is 0 Å².